The molecule has 0 amide bonds. The highest BCUT2D eigenvalue weighted by Crippen LogP contribution is 2.30. The van der Waals surface area contributed by atoms with Crippen molar-refractivity contribution < 1.29 is 13.9 Å². The summed E-state index contributed by atoms with van der Waals surface area (Å²) in [6.45, 7) is 3.93. The summed E-state index contributed by atoms with van der Waals surface area (Å²) in [7, 11) is 0. The highest BCUT2D eigenvalue weighted by Gasteiger charge is 2.19. The molecule has 0 unspecified atom stereocenters. The second-order valence-electron chi connectivity index (χ2n) is 3.35. The number of thiazole rings is 1. The predicted octanol–water partition coefficient (Wildman–Crippen LogP) is 3.55. The van der Waals surface area contributed by atoms with Gasteiger partial charge in [0.15, 0.2) is 3.95 Å². The lowest BCUT2D eigenvalue weighted by molar-refractivity contribution is 0.0521. The van der Waals surface area contributed by atoms with Gasteiger partial charge in [0.1, 0.15) is 22.1 Å². The average Bonchev–Trinajstić information content (AvgIpc) is 2.84. The Balaban J connectivity index is 2.47. The van der Waals surface area contributed by atoms with Crippen LogP contribution in [0, 0.1) is 10.9 Å². The number of rotatable bonds is 3. The van der Waals surface area contributed by atoms with Gasteiger partial charge in [0, 0.05) is 0 Å². The minimum Gasteiger partial charge on any atom is -0.461 e. The van der Waals surface area contributed by atoms with Crippen LogP contribution in [0.3, 0.4) is 0 Å². The molecule has 0 saturated carbocycles. The maximum absolute atomic E-state index is 11.7. The Kier molecular flexibility index (Phi) is 3.44. The number of carbonyl (C=O) groups excluding carboxylic acids is 1. The van der Waals surface area contributed by atoms with Gasteiger partial charge >= 0.3 is 5.97 Å². The first-order valence-electron chi connectivity index (χ1n) is 5.09. The van der Waals surface area contributed by atoms with Gasteiger partial charge in [-0.2, -0.15) is 0 Å². The summed E-state index contributed by atoms with van der Waals surface area (Å²) in [6, 6.07) is 3.65. The van der Waals surface area contributed by atoms with E-state index in [0.29, 0.717) is 26.9 Å². The van der Waals surface area contributed by atoms with Gasteiger partial charge in [-0.3, -0.25) is 0 Å². The van der Waals surface area contributed by atoms with Crippen molar-refractivity contribution in [2.75, 3.05) is 6.61 Å². The predicted molar refractivity (Wildman–Crippen MR) is 67.9 cm³/mol. The molecule has 4 nitrogen and oxygen atoms in total. The van der Waals surface area contributed by atoms with Gasteiger partial charge in [-0.1, -0.05) is 0 Å². The zero-order valence-corrected chi connectivity index (χ0v) is 11.0. The molecule has 90 valence electrons. The number of aryl methyl sites for hydroxylation is 1. The lowest BCUT2D eigenvalue weighted by Gasteiger charge is -2.00. The molecule has 2 aromatic rings. The second kappa shape index (κ2) is 4.85. The number of carbonyl (C=O) groups is 1. The zero-order valence-electron chi connectivity index (χ0n) is 9.40. The fourth-order valence-corrected chi connectivity index (χ4v) is 2.54. The minimum atomic E-state index is -0.413. The molecule has 0 bridgehead atoms. The Labute approximate surface area is 107 Å². The van der Waals surface area contributed by atoms with Gasteiger partial charge in [0.25, 0.3) is 0 Å². The molecule has 1 N–H and O–H groups in total. The first kappa shape index (κ1) is 12.1. The van der Waals surface area contributed by atoms with Gasteiger partial charge < -0.3 is 14.1 Å². The van der Waals surface area contributed by atoms with E-state index in [0.717, 1.165) is 5.76 Å². The van der Waals surface area contributed by atoms with Gasteiger partial charge in [-0.15, -0.1) is 11.3 Å². The standard InChI is InChI=1S/C11H11NO3S2/c1-3-14-10(13)8-9(17-11(16)12-8)7-5-4-6(2)15-7/h4-5H,3H2,1-2H3,(H,12,16). The van der Waals surface area contributed by atoms with Crippen LogP contribution in [-0.4, -0.2) is 17.6 Å². The van der Waals surface area contributed by atoms with Crippen LogP contribution < -0.4 is 0 Å². The summed E-state index contributed by atoms with van der Waals surface area (Å²) < 4.78 is 11.0. The Hall–Kier alpha value is -1.40. The largest absolute Gasteiger partial charge is 0.461 e. The summed E-state index contributed by atoms with van der Waals surface area (Å²) in [4.78, 5) is 15.2. The zero-order chi connectivity index (χ0) is 12.4. The Bertz CT molecular complexity index is 594. The normalized spacial score (nSPS) is 10.5. The minimum absolute atomic E-state index is 0.325. The average molecular weight is 269 g/mol. The van der Waals surface area contributed by atoms with E-state index in [1.807, 2.05) is 19.1 Å². The number of hydrogen-bond acceptors (Lipinski definition) is 5. The fourth-order valence-electron chi connectivity index (χ4n) is 1.41. The third kappa shape index (κ3) is 2.48. The van der Waals surface area contributed by atoms with E-state index in [-0.39, 0.29) is 0 Å². The Morgan fingerprint density at radius 3 is 2.94 bits per heavy atom. The number of furan rings is 1. The lowest BCUT2D eigenvalue weighted by atomic mass is 10.3. The maximum Gasteiger partial charge on any atom is 0.356 e. The molecule has 6 heteroatoms. The molecule has 2 heterocycles. The van der Waals surface area contributed by atoms with Gasteiger partial charge in [0.2, 0.25) is 0 Å². The Morgan fingerprint density at radius 1 is 1.59 bits per heavy atom. The van der Waals surface area contributed by atoms with Crippen molar-refractivity contribution in [3.05, 3.63) is 27.5 Å². The second-order valence-corrected chi connectivity index (χ2v) is 5.04. The topological polar surface area (TPSA) is 55.2 Å². The SMILES string of the molecule is CCOC(=O)c1[nH]c(=S)sc1-c1ccc(C)o1. The number of esters is 1. The molecule has 0 fully saturated rings. The number of H-pyrrole nitrogens is 1. The van der Waals surface area contributed by atoms with E-state index < -0.39 is 5.97 Å². The summed E-state index contributed by atoms with van der Waals surface area (Å²) in [6.07, 6.45) is 0. The molecule has 2 aromatic heterocycles. The van der Waals surface area contributed by atoms with Crippen LogP contribution in [0.1, 0.15) is 23.2 Å². The van der Waals surface area contributed by atoms with Gasteiger partial charge in [-0.05, 0) is 38.2 Å². The van der Waals surface area contributed by atoms with Crippen LogP contribution in [0.2, 0.25) is 0 Å². The lowest BCUT2D eigenvalue weighted by Crippen LogP contribution is -2.06. The van der Waals surface area contributed by atoms with Crippen molar-refractivity contribution in [1.29, 1.82) is 0 Å². The summed E-state index contributed by atoms with van der Waals surface area (Å²) in [5, 5.41) is 0. The third-order valence-electron chi connectivity index (χ3n) is 2.09. The molecule has 0 aliphatic heterocycles. The van der Waals surface area contributed by atoms with Gasteiger partial charge in [0.05, 0.1) is 6.61 Å². The number of aromatic amines is 1. The molecule has 2 rings (SSSR count). The van der Waals surface area contributed by atoms with Crippen LogP contribution in [-0.2, 0) is 4.74 Å². The number of hydrogen-bond donors (Lipinski definition) is 1. The summed E-state index contributed by atoms with van der Waals surface area (Å²) >= 11 is 6.34. The van der Waals surface area contributed by atoms with Crippen LogP contribution in [0.5, 0.6) is 0 Å². The molecular weight excluding hydrogens is 258 g/mol. The van der Waals surface area contributed by atoms with Crippen LogP contribution in [0.4, 0.5) is 0 Å². The molecule has 17 heavy (non-hydrogen) atoms. The van der Waals surface area contributed by atoms with Crippen molar-refractivity contribution in [3.63, 3.8) is 0 Å². The molecule has 0 saturated heterocycles. The third-order valence-corrected chi connectivity index (χ3v) is 3.34. The molecule has 0 aliphatic carbocycles. The van der Waals surface area contributed by atoms with Crippen LogP contribution >= 0.6 is 23.6 Å². The van der Waals surface area contributed by atoms with E-state index in [1.54, 1.807) is 6.92 Å². The molecule has 0 spiro atoms. The Morgan fingerprint density at radius 2 is 2.35 bits per heavy atom. The van der Waals surface area contributed by atoms with E-state index in [2.05, 4.69) is 4.98 Å². The monoisotopic (exact) mass is 269 g/mol. The first-order valence-corrected chi connectivity index (χ1v) is 6.31. The van der Waals surface area contributed by atoms with E-state index in [9.17, 15) is 4.79 Å². The maximum atomic E-state index is 11.7. The van der Waals surface area contributed by atoms with Crippen molar-refractivity contribution in [2.45, 2.75) is 13.8 Å². The smallest absolute Gasteiger partial charge is 0.356 e. The van der Waals surface area contributed by atoms with Crippen molar-refractivity contribution in [3.8, 4) is 10.6 Å². The fraction of sp³-hybridized carbons (Fsp3) is 0.273. The summed E-state index contributed by atoms with van der Waals surface area (Å²) in [5.41, 5.74) is 0.358. The van der Waals surface area contributed by atoms with E-state index in [4.69, 9.17) is 21.4 Å². The molecule has 0 atom stereocenters. The quantitative estimate of drug-likeness (QED) is 0.684. The van der Waals surface area contributed by atoms with Crippen molar-refractivity contribution >= 4 is 29.5 Å². The van der Waals surface area contributed by atoms with Crippen molar-refractivity contribution in [1.82, 2.24) is 4.98 Å². The number of ether oxygens (including phenoxy) is 1. The molecule has 0 radical (unpaired) electrons. The van der Waals surface area contributed by atoms with Gasteiger partial charge in [-0.25, -0.2) is 4.79 Å². The van der Waals surface area contributed by atoms with E-state index >= 15 is 0 Å². The highest BCUT2D eigenvalue weighted by molar-refractivity contribution is 7.73. The number of nitrogens with one attached hydrogen (secondary N) is 1. The molecule has 0 aromatic carbocycles. The molecule has 0 aliphatic rings. The van der Waals surface area contributed by atoms with Crippen LogP contribution in [0.25, 0.3) is 10.6 Å². The van der Waals surface area contributed by atoms with Crippen LogP contribution in [0.15, 0.2) is 16.5 Å². The molecular formula is C11H11NO3S2. The summed E-state index contributed by atoms with van der Waals surface area (Å²) in [5.74, 6) is 1.00. The number of aromatic nitrogens is 1. The van der Waals surface area contributed by atoms with E-state index in [1.165, 1.54) is 11.3 Å². The highest BCUT2D eigenvalue weighted by atomic mass is 32.1. The first-order chi connectivity index (χ1) is 8.11. The van der Waals surface area contributed by atoms with Crippen molar-refractivity contribution in [2.24, 2.45) is 0 Å².